The van der Waals surface area contributed by atoms with Gasteiger partial charge in [0.25, 0.3) is 11.9 Å². The van der Waals surface area contributed by atoms with E-state index in [4.69, 9.17) is 16.0 Å². The number of nitrogens with zero attached hydrogens (tertiary/aromatic N) is 5. The van der Waals surface area contributed by atoms with Crippen molar-refractivity contribution >= 4 is 34.6 Å². The standard InChI is InChI=1S/C23H21ClN6O2/c1-13-2-4-19(30-26-6-7-27-30)17(8-13)22(31)29-12-14-9-16(14)20(29)11-25-23-28-18-10-15(24)3-5-21(18)32-23/h2-8,10,14,16,20H,9,11-12H2,1H3,(H,25,28)/t14-,16-,20-/m1/s1. The number of amides is 1. The van der Waals surface area contributed by atoms with E-state index in [1.54, 1.807) is 30.6 Å². The predicted octanol–water partition coefficient (Wildman–Crippen LogP) is 3.94. The Morgan fingerprint density at radius 1 is 1.22 bits per heavy atom. The third kappa shape index (κ3) is 3.31. The molecule has 3 atom stereocenters. The maximum atomic E-state index is 13.7. The molecule has 1 saturated carbocycles. The highest BCUT2D eigenvalue weighted by Crippen LogP contribution is 2.50. The summed E-state index contributed by atoms with van der Waals surface area (Å²) < 4.78 is 5.79. The third-order valence-electron chi connectivity index (χ3n) is 6.39. The molecule has 6 rings (SSSR count). The second kappa shape index (κ2) is 7.34. The molecule has 4 aromatic rings. The minimum absolute atomic E-state index is 0.00403. The molecule has 0 radical (unpaired) electrons. The summed E-state index contributed by atoms with van der Waals surface area (Å²) in [5.74, 6) is 1.06. The molecule has 0 spiro atoms. The quantitative estimate of drug-likeness (QED) is 0.497. The number of piperidine rings is 1. The number of fused-ring (bicyclic) bond motifs is 2. The summed E-state index contributed by atoms with van der Waals surface area (Å²) >= 11 is 6.05. The zero-order chi connectivity index (χ0) is 21.8. The number of hydrogen-bond acceptors (Lipinski definition) is 6. The van der Waals surface area contributed by atoms with Crippen molar-refractivity contribution in [2.75, 3.05) is 18.4 Å². The number of oxazole rings is 1. The molecule has 32 heavy (non-hydrogen) atoms. The fourth-order valence-electron chi connectivity index (χ4n) is 4.72. The predicted molar refractivity (Wildman–Crippen MR) is 120 cm³/mol. The second-order valence-corrected chi connectivity index (χ2v) is 8.97. The van der Waals surface area contributed by atoms with Crippen LogP contribution in [-0.2, 0) is 0 Å². The Kier molecular flexibility index (Phi) is 4.43. The molecule has 2 aromatic carbocycles. The zero-order valence-electron chi connectivity index (χ0n) is 17.4. The Bertz CT molecular complexity index is 1320. The second-order valence-electron chi connectivity index (χ2n) is 8.54. The minimum Gasteiger partial charge on any atom is -0.424 e. The highest BCUT2D eigenvalue weighted by atomic mass is 35.5. The van der Waals surface area contributed by atoms with Crippen molar-refractivity contribution in [3.8, 4) is 5.69 Å². The van der Waals surface area contributed by atoms with Crippen molar-refractivity contribution in [3.63, 3.8) is 0 Å². The number of carbonyl (C=O) groups excluding carboxylic acids is 1. The van der Waals surface area contributed by atoms with Gasteiger partial charge in [0.2, 0.25) is 0 Å². The molecule has 2 fully saturated rings. The molecule has 8 nitrogen and oxygen atoms in total. The first-order valence-corrected chi connectivity index (χ1v) is 11.0. The van der Waals surface area contributed by atoms with Crippen LogP contribution in [0.4, 0.5) is 6.01 Å². The summed E-state index contributed by atoms with van der Waals surface area (Å²) in [6, 6.07) is 11.7. The summed E-state index contributed by atoms with van der Waals surface area (Å²) in [5.41, 5.74) is 3.71. The average molecular weight is 449 g/mol. The van der Waals surface area contributed by atoms with E-state index in [2.05, 4.69) is 20.5 Å². The highest BCUT2D eigenvalue weighted by molar-refractivity contribution is 6.31. The zero-order valence-corrected chi connectivity index (χ0v) is 18.2. The molecule has 2 aliphatic rings. The van der Waals surface area contributed by atoms with Crippen molar-refractivity contribution in [1.82, 2.24) is 24.9 Å². The van der Waals surface area contributed by atoms with Gasteiger partial charge in [0.1, 0.15) is 5.52 Å². The molecule has 0 bridgehead atoms. The lowest BCUT2D eigenvalue weighted by Crippen LogP contribution is -2.42. The number of hydrogen-bond donors (Lipinski definition) is 1. The van der Waals surface area contributed by atoms with Crippen LogP contribution in [0.1, 0.15) is 22.3 Å². The van der Waals surface area contributed by atoms with Gasteiger partial charge in [-0.2, -0.15) is 20.0 Å². The summed E-state index contributed by atoms with van der Waals surface area (Å²) in [5, 5.41) is 12.4. The van der Waals surface area contributed by atoms with E-state index in [0.29, 0.717) is 51.8 Å². The molecule has 9 heteroatoms. The SMILES string of the molecule is Cc1ccc(-n2nccn2)c(C(=O)N2C[C@H]3C[C@H]3[C@H]2CNc2nc3cc(Cl)ccc3o2)c1. The Balaban J connectivity index is 1.25. The van der Waals surface area contributed by atoms with Crippen molar-refractivity contribution in [2.45, 2.75) is 19.4 Å². The maximum Gasteiger partial charge on any atom is 0.295 e. The van der Waals surface area contributed by atoms with Crippen LogP contribution in [0.25, 0.3) is 16.8 Å². The number of likely N-dealkylation sites (tertiary alicyclic amines) is 1. The number of benzene rings is 2. The van der Waals surface area contributed by atoms with Crippen molar-refractivity contribution < 1.29 is 9.21 Å². The first-order valence-electron chi connectivity index (χ1n) is 10.6. The first kappa shape index (κ1) is 19.3. The van der Waals surface area contributed by atoms with E-state index in [1.165, 1.54) is 4.80 Å². The molecule has 1 saturated heterocycles. The molecule has 162 valence electrons. The van der Waals surface area contributed by atoms with Crippen LogP contribution in [0.2, 0.25) is 5.02 Å². The van der Waals surface area contributed by atoms with E-state index in [0.717, 1.165) is 18.5 Å². The summed E-state index contributed by atoms with van der Waals surface area (Å²) in [7, 11) is 0. The number of anilines is 1. The first-order chi connectivity index (χ1) is 15.6. The maximum absolute atomic E-state index is 13.7. The van der Waals surface area contributed by atoms with E-state index < -0.39 is 0 Å². The Hall–Kier alpha value is -3.39. The molecule has 1 aliphatic carbocycles. The summed E-state index contributed by atoms with van der Waals surface area (Å²) in [4.78, 5) is 21.6. The van der Waals surface area contributed by atoms with E-state index >= 15 is 0 Å². The topological polar surface area (TPSA) is 89.1 Å². The van der Waals surface area contributed by atoms with Crippen molar-refractivity contribution in [1.29, 1.82) is 0 Å². The lowest BCUT2D eigenvalue weighted by atomic mass is 10.1. The molecule has 0 unspecified atom stereocenters. The molecular weight excluding hydrogens is 428 g/mol. The van der Waals surface area contributed by atoms with Crippen LogP contribution in [0, 0.1) is 18.8 Å². The van der Waals surface area contributed by atoms with Crippen molar-refractivity contribution in [3.05, 3.63) is 64.9 Å². The number of carbonyl (C=O) groups is 1. The third-order valence-corrected chi connectivity index (χ3v) is 6.63. The fraction of sp³-hybridized carbons (Fsp3) is 0.304. The van der Waals surface area contributed by atoms with E-state index in [-0.39, 0.29) is 11.9 Å². The molecule has 1 N–H and O–H groups in total. The average Bonchev–Trinajstić information content (AvgIpc) is 3.15. The van der Waals surface area contributed by atoms with Gasteiger partial charge in [-0.1, -0.05) is 23.2 Å². The van der Waals surface area contributed by atoms with E-state index in [9.17, 15) is 4.79 Å². The van der Waals surface area contributed by atoms with Crippen LogP contribution in [0.5, 0.6) is 0 Å². The number of nitrogens with one attached hydrogen (secondary N) is 1. The van der Waals surface area contributed by atoms with Gasteiger partial charge >= 0.3 is 0 Å². The molecular formula is C23H21ClN6O2. The van der Waals surface area contributed by atoms with E-state index in [1.807, 2.05) is 30.0 Å². The van der Waals surface area contributed by atoms with Gasteiger partial charge in [-0.05, 0) is 55.5 Å². The van der Waals surface area contributed by atoms with Gasteiger partial charge in [-0.3, -0.25) is 4.79 Å². The van der Waals surface area contributed by atoms with Crippen LogP contribution >= 0.6 is 11.6 Å². The van der Waals surface area contributed by atoms with Crippen LogP contribution in [-0.4, -0.2) is 49.9 Å². The Morgan fingerprint density at radius 3 is 2.91 bits per heavy atom. The largest absolute Gasteiger partial charge is 0.424 e. The lowest BCUT2D eigenvalue weighted by molar-refractivity contribution is 0.0714. The van der Waals surface area contributed by atoms with Gasteiger partial charge < -0.3 is 14.6 Å². The number of aromatic nitrogens is 4. The smallest absolute Gasteiger partial charge is 0.295 e. The van der Waals surface area contributed by atoms with Crippen LogP contribution in [0.15, 0.2) is 53.2 Å². The summed E-state index contributed by atoms with van der Waals surface area (Å²) in [6.07, 6.45) is 4.37. The normalized spacial score (nSPS) is 21.7. The molecule has 2 aromatic heterocycles. The van der Waals surface area contributed by atoms with Gasteiger partial charge in [-0.15, -0.1) is 0 Å². The van der Waals surface area contributed by atoms with Gasteiger partial charge in [-0.25, -0.2) is 0 Å². The van der Waals surface area contributed by atoms with Gasteiger partial charge in [0.05, 0.1) is 29.7 Å². The Morgan fingerprint density at radius 2 is 2.06 bits per heavy atom. The summed E-state index contributed by atoms with van der Waals surface area (Å²) in [6.45, 7) is 3.32. The van der Waals surface area contributed by atoms with Crippen LogP contribution in [0.3, 0.4) is 0 Å². The minimum atomic E-state index is 0.00403. The number of aryl methyl sites for hydroxylation is 1. The monoisotopic (exact) mass is 448 g/mol. The van der Waals surface area contributed by atoms with Gasteiger partial charge in [0.15, 0.2) is 5.58 Å². The lowest BCUT2D eigenvalue weighted by Gasteiger charge is -2.28. The van der Waals surface area contributed by atoms with Gasteiger partial charge in [0, 0.05) is 18.1 Å². The fourth-order valence-corrected chi connectivity index (χ4v) is 4.89. The number of rotatable bonds is 5. The molecule has 3 heterocycles. The van der Waals surface area contributed by atoms with Crippen molar-refractivity contribution in [2.24, 2.45) is 11.8 Å². The highest BCUT2D eigenvalue weighted by Gasteiger charge is 2.54. The molecule has 1 aliphatic heterocycles. The molecule has 1 amide bonds. The number of halogens is 1. The Labute approximate surface area is 189 Å². The van der Waals surface area contributed by atoms with Crippen LogP contribution < -0.4 is 5.32 Å².